The number of hydrogen-bond acceptors (Lipinski definition) is 8. The summed E-state index contributed by atoms with van der Waals surface area (Å²) in [5, 5.41) is 25.4. The van der Waals surface area contributed by atoms with Gasteiger partial charge in [-0.3, -0.25) is 0 Å². The number of carbonyl (C=O) groups is 2. The van der Waals surface area contributed by atoms with Crippen molar-refractivity contribution in [1.29, 1.82) is 0 Å². The summed E-state index contributed by atoms with van der Waals surface area (Å²) in [7, 11) is 0. The van der Waals surface area contributed by atoms with Crippen molar-refractivity contribution in [1.82, 2.24) is 9.88 Å². The van der Waals surface area contributed by atoms with Crippen LogP contribution in [0.15, 0.2) is 72.9 Å². The molecule has 2 saturated heterocycles. The van der Waals surface area contributed by atoms with Gasteiger partial charge in [0.05, 0.1) is 5.60 Å². The number of likely N-dealkylation sites (tertiary alicyclic amines) is 1. The Bertz CT molecular complexity index is 1470. The number of cyclic esters (lactones) is 2. The fourth-order valence-corrected chi connectivity index (χ4v) is 5.14. The van der Waals surface area contributed by atoms with E-state index in [0.717, 1.165) is 21.9 Å². The molecular formula is C28H26N2O7. The zero-order chi connectivity index (χ0) is 25.6. The summed E-state index contributed by atoms with van der Waals surface area (Å²) >= 11 is 0. The second kappa shape index (κ2) is 8.88. The first-order valence-corrected chi connectivity index (χ1v) is 12.2. The van der Waals surface area contributed by atoms with E-state index in [1.165, 1.54) is 0 Å². The van der Waals surface area contributed by atoms with Crippen LogP contribution in [-0.2, 0) is 24.7 Å². The number of esters is 2. The number of aliphatic hydroxyl groups excluding tert-OH is 1. The van der Waals surface area contributed by atoms with E-state index in [1.807, 2.05) is 53.4 Å². The quantitative estimate of drug-likeness (QED) is 0.272. The molecule has 0 saturated carbocycles. The van der Waals surface area contributed by atoms with Gasteiger partial charge in [-0.2, -0.15) is 0 Å². The number of rotatable bonds is 6. The van der Waals surface area contributed by atoms with E-state index >= 15 is 0 Å². The molecule has 1 atom stereocenters. The minimum Gasteiger partial charge on any atom is -0.418 e. The number of fused-ring (bicyclic) bond motifs is 2. The fraction of sp³-hybridized carbons (Fsp3) is 0.286. The highest BCUT2D eigenvalue weighted by atomic mass is 16.9. The predicted molar refractivity (Wildman–Crippen MR) is 133 cm³/mol. The number of hydrogen-bond donors (Lipinski definition) is 3. The standard InChI is InChI=1S/C28H26N2O7/c31-24(28(36-25(32)26(33)37-28)35-23-7-3-6-22-21(23)10-13-29-22)17-30-14-11-27(34,12-15-30)20-9-8-18-4-1-2-5-19(18)16-20/h1-10,13,16,24,29,31,34H,11-12,14-15,17H2/t24-/m0/s1. The molecule has 0 spiro atoms. The number of H-pyrrole nitrogens is 1. The van der Waals surface area contributed by atoms with Gasteiger partial charge in [0.1, 0.15) is 5.75 Å². The van der Waals surface area contributed by atoms with Crippen molar-refractivity contribution in [2.75, 3.05) is 19.6 Å². The second-order valence-electron chi connectivity index (χ2n) is 9.59. The molecule has 190 valence electrons. The summed E-state index contributed by atoms with van der Waals surface area (Å²) in [6.45, 7) is 0.926. The van der Waals surface area contributed by atoms with E-state index < -0.39 is 29.6 Å². The van der Waals surface area contributed by atoms with Crippen molar-refractivity contribution < 1.29 is 34.0 Å². The first kappa shape index (κ1) is 23.5. The molecule has 3 N–H and O–H groups in total. The average Bonchev–Trinajstić information content (AvgIpc) is 3.50. The van der Waals surface area contributed by atoms with Crippen LogP contribution in [0, 0.1) is 0 Å². The number of nitrogens with zero attached hydrogens (tertiary/aromatic N) is 1. The Kier molecular flexibility index (Phi) is 5.63. The lowest BCUT2D eigenvalue weighted by molar-refractivity contribution is -0.318. The maximum atomic E-state index is 12.0. The molecule has 0 radical (unpaired) electrons. The second-order valence-corrected chi connectivity index (χ2v) is 9.59. The highest BCUT2D eigenvalue weighted by molar-refractivity contribution is 6.31. The maximum absolute atomic E-state index is 12.0. The zero-order valence-corrected chi connectivity index (χ0v) is 19.9. The largest absolute Gasteiger partial charge is 0.451 e. The van der Waals surface area contributed by atoms with E-state index in [9.17, 15) is 19.8 Å². The van der Waals surface area contributed by atoms with E-state index in [4.69, 9.17) is 14.2 Å². The van der Waals surface area contributed by atoms with Gasteiger partial charge in [0.25, 0.3) is 0 Å². The molecule has 3 heterocycles. The molecule has 0 bridgehead atoms. The molecule has 3 aromatic carbocycles. The van der Waals surface area contributed by atoms with Gasteiger partial charge >= 0.3 is 17.9 Å². The van der Waals surface area contributed by atoms with E-state index in [0.29, 0.717) is 31.3 Å². The zero-order valence-electron chi connectivity index (χ0n) is 19.9. The van der Waals surface area contributed by atoms with Crippen molar-refractivity contribution in [2.45, 2.75) is 30.5 Å². The van der Waals surface area contributed by atoms with Gasteiger partial charge in [-0.1, -0.05) is 42.5 Å². The third-order valence-electron chi connectivity index (χ3n) is 7.25. The number of aliphatic hydroxyl groups is 2. The van der Waals surface area contributed by atoms with Crippen LogP contribution in [0.1, 0.15) is 18.4 Å². The molecule has 9 nitrogen and oxygen atoms in total. The number of piperidine rings is 1. The minimum atomic E-state index is -2.31. The van der Waals surface area contributed by atoms with Crippen LogP contribution in [0.25, 0.3) is 21.7 Å². The van der Waals surface area contributed by atoms with Gasteiger partial charge in [-0.25, -0.2) is 9.59 Å². The molecule has 0 amide bonds. The summed E-state index contributed by atoms with van der Waals surface area (Å²) in [5.41, 5.74) is 0.613. The van der Waals surface area contributed by atoms with E-state index in [2.05, 4.69) is 4.98 Å². The van der Waals surface area contributed by atoms with Gasteiger partial charge in [-0.15, -0.1) is 0 Å². The highest BCUT2D eigenvalue weighted by Crippen LogP contribution is 2.37. The number of aromatic nitrogens is 1. The van der Waals surface area contributed by atoms with Crippen LogP contribution in [0.5, 0.6) is 5.75 Å². The van der Waals surface area contributed by atoms with E-state index in [1.54, 1.807) is 24.4 Å². The Balaban J connectivity index is 1.18. The van der Waals surface area contributed by atoms with Crippen LogP contribution in [0.4, 0.5) is 0 Å². The lowest BCUT2D eigenvalue weighted by Crippen LogP contribution is -2.55. The van der Waals surface area contributed by atoms with Crippen LogP contribution < -0.4 is 4.74 Å². The number of β-amino-alcohol motifs (C(OH)–C–C–N with tert-alkyl or cyclic N) is 1. The number of ether oxygens (including phenoxy) is 3. The van der Waals surface area contributed by atoms with Crippen LogP contribution in [0.3, 0.4) is 0 Å². The van der Waals surface area contributed by atoms with Gasteiger partial charge in [0, 0.05) is 36.7 Å². The lowest BCUT2D eigenvalue weighted by atomic mass is 9.83. The third kappa shape index (κ3) is 4.21. The summed E-state index contributed by atoms with van der Waals surface area (Å²) in [5.74, 6) is -4.50. The molecule has 1 aromatic heterocycles. The predicted octanol–water partition coefficient (Wildman–Crippen LogP) is 2.80. The Morgan fingerprint density at radius 3 is 2.43 bits per heavy atom. The molecule has 2 aliphatic rings. The number of benzene rings is 3. The van der Waals surface area contributed by atoms with Crippen LogP contribution in [-0.4, -0.2) is 63.7 Å². The Labute approximate surface area is 212 Å². The average molecular weight is 503 g/mol. The molecule has 2 aliphatic heterocycles. The van der Waals surface area contributed by atoms with Crippen molar-refractivity contribution in [3.8, 4) is 5.75 Å². The first-order chi connectivity index (χ1) is 17.9. The van der Waals surface area contributed by atoms with Crippen LogP contribution >= 0.6 is 0 Å². The first-order valence-electron chi connectivity index (χ1n) is 12.2. The molecule has 0 aliphatic carbocycles. The van der Waals surface area contributed by atoms with E-state index in [-0.39, 0.29) is 12.3 Å². The topological polar surface area (TPSA) is 121 Å². The third-order valence-corrected chi connectivity index (χ3v) is 7.25. The van der Waals surface area contributed by atoms with Gasteiger partial charge in [0.2, 0.25) is 0 Å². The molecule has 0 unspecified atom stereocenters. The molecule has 2 fully saturated rings. The molecule has 9 heteroatoms. The van der Waals surface area contributed by atoms with Crippen LogP contribution in [0.2, 0.25) is 0 Å². The Morgan fingerprint density at radius 2 is 1.68 bits per heavy atom. The molecule has 4 aromatic rings. The Morgan fingerprint density at radius 1 is 0.946 bits per heavy atom. The van der Waals surface area contributed by atoms with Crippen molar-refractivity contribution >= 4 is 33.6 Å². The summed E-state index contributed by atoms with van der Waals surface area (Å²) in [4.78, 5) is 28.9. The van der Waals surface area contributed by atoms with Crippen molar-refractivity contribution in [3.63, 3.8) is 0 Å². The fourth-order valence-electron chi connectivity index (χ4n) is 5.14. The molecule has 6 rings (SSSR count). The highest BCUT2D eigenvalue weighted by Gasteiger charge is 2.58. The Hall–Kier alpha value is -3.92. The summed E-state index contributed by atoms with van der Waals surface area (Å²) in [6, 6.07) is 20.9. The van der Waals surface area contributed by atoms with Gasteiger partial charge in [0.15, 0.2) is 6.10 Å². The van der Waals surface area contributed by atoms with Crippen molar-refractivity contribution in [2.24, 2.45) is 0 Å². The SMILES string of the molecule is O=C1OC(Oc2cccc3[nH]ccc23)([C@@H](O)CN2CCC(O)(c3ccc4ccccc4c3)CC2)OC1=O. The monoisotopic (exact) mass is 502 g/mol. The van der Waals surface area contributed by atoms with Gasteiger partial charge in [-0.05, 0) is 53.4 Å². The number of aromatic amines is 1. The number of nitrogens with one attached hydrogen (secondary N) is 1. The molecular weight excluding hydrogens is 476 g/mol. The summed E-state index contributed by atoms with van der Waals surface area (Å²) < 4.78 is 16.2. The lowest BCUT2D eigenvalue weighted by Gasteiger charge is -2.40. The minimum absolute atomic E-state index is 0.00251. The summed E-state index contributed by atoms with van der Waals surface area (Å²) in [6.07, 6.45) is 1.10. The normalized spacial score (nSPS) is 20.1. The maximum Gasteiger partial charge on any atom is 0.451 e. The number of carbonyl (C=O) groups excluding carboxylic acids is 2. The van der Waals surface area contributed by atoms with Gasteiger partial charge < -0.3 is 34.3 Å². The smallest absolute Gasteiger partial charge is 0.418 e. The van der Waals surface area contributed by atoms with Crippen molar-refractivity contribution in [3.05, 3.63) is 78.5 Å². The molecule has 37 heavy (non-hydrogen) atoms.